The van der Waals surface area contributed by atoms with Crippen molar-refractivity contribution in [2.24, 2.45) is 0 Å². The molecule has 0 saturated heterocycles. The van der Waals surface area contributed by atoms with Crippen LogP contribution in [0.3, 0.4) is 0 Å². The van der Waals surface area contributed by atoms with Crippen LogP contribution in [0.5, 0.6) is 5.75 Å². The number of carbonyl (C=O) groups is 2. The van der Waals surface area contributed by atoms with E-state index >= 15 is 0 Å². The first-order valence-electron chi connectivity index (χ1n) is 16.1. The van der Waals surface area contributed by atoms with Crippen LogP contribution in [0.15, 0.2) is 85.1 Å². The average molecular weight is 634 g/mol. The first kappa shape index (κ1) is 33.2. The van der Waals surface area contributed by atoms with Gasteiger partial charge in [0.2, 0.25) is 5.91 Å². The van der Waals surface area contributed by atoms with E-state index in [9.17, 15) is 9.59 Å². The van der Waals surface area contributed by atoms with E-state index < -0.39 is 0 Å². The maximum Gasteiger partial charge on any atom is 0.324 e. The zero-order valence-corrected chi connectivity index (χ0v) is 27.5. The van der Waals surface area contributed by atoms with Crippen LogP contribution in [0, 0.1) is 6.92 Å². The molecule has 0 aliphatic heterocycles. The largest absolute Gasteiger partial charge is 0.488 e. The van der Waals surface area contributed by atoms with Crippen LogP contribution in [0.1, 0.15) is 49.4 Å². The molecule has 0 saturated carbocycles. The molecule has 3 aromatic carbocycles. The Balaban J connectivity index is 1.27. The Morgan fingerprint density at radius 3 is 2.45 bits per heavy atom. The predicted molar refractivity (Wildman–Crippen MR) is 188 cm³/mol. The lowest BCUT2D eigenvalue weighted by molar-refractivity contribution is -0.116. The van der Waals surface area contributed by atoms with E-state index in [1.54, 1.807) is 10.9 Å². The van der Waals surface area contributed by atoms with Crippen LogP contribution >= 0.6 is 0 Å². The number of aromatic nitrogens is 3. The Kier molecular flexibility index (Phi) is 11.2. The normalized spacial score (nSPS) is 11.1. The lowest BCUT2D eigenvalue weighted by Gasteiger charge is -2.15. The smallest absolute Gasteiger partial charge is 0.324 e. The van der Waals surface area contributed by atoms with Gasteiger partial charge in [-0.3, -0.25) is 10.1 Å². The Morgan fingerprint density at radius 1 is 0.894 bits per heavy atom. The average Bonchev–Trinajstić information content (AvgIpc) is 3.45. The van der Waals surface area contributed by atoms with Crippen molar-refractivity contribution in [3.05, 3.63) is 102 Å². The van der Waals surface area contributed by atoms with E-state index in [1.165, 1.54) is 0 Å². The Hall–Kier alpha value is -5.22. The van der Waals surface area contributed by atoms with Gasteiger partial charge in [0.05, 0.1) is 17.1 Å². The summed E-state index contributed by atoms with van der Waals surface area (Å²) in [6, 6.07) is 24.8. The summed E-state index contributed by atoms with van der Waals surface area (Å²) in [6.07, 6.45) is 5.79. The number of unbranched alkanes of at least 4 members (excludes halogenated alkanes) is 1. The number of hydrogen-bond acceptors (Lipinski definition) is 6. The van der Waals surface area contributed by atoms with Gasteiger partial charge in [-0.1, -0.05) is 55.3 Å². The Bertz CT molecular complexity index is 1820. The summed E-state index contributed by atoms with van der Waals surface area (Å²) in [5.74, 6) is 1.71. The van der Waals surface area contributed by atoms with E-state index in [2.05, 4.69) is 32.8 Å². The van der Waals surface area contributed by atoms with E-state index in [4.69, 9.17) is 9.84 Å². The summed E-state index contributed by atoms with van der Waals surface area (Å²) in [4.78, 5) is 32.0. The van der Waals surface area contributed by atoms with Gasteiger partial charge in [0, 0.05) is 29.5 Å². The number of fused-ring (bicyclic) bond motifs is 1. The molecule has 0 unspecified atom stereocenters. The standard InChI is InChI=1S/C37H43N7O3/c1-5-6-10-28-24-35(44(42-28)29-16-14-26(2)15-17-29)41-37(46)39-32-18-19-33(31-12-8-7-11-30(31)32)47-25-27-20-21-38-34(23-27)40-36(45)13-9-22-43(3)4/h7-8,11-12,14-21,23-24H,5-6,9-10,13,22,25H2,1-4H3,(H,38,40,45)(H2,39,41,46). The number of amides is 3. The zero-order valence-electron chi connectivity index (χ0n) is 27.5. The molecule has 10 nitrogen and oxygen atoms in total. The SMILES string of the molecule is CCCCc1cc(NC(=O)Nc2ccc(OCc3ccnc(NC(=O)CCCN(C)C)c3)c3ccccc23)n(-c2ccc(C)cc2)n1. The van der Waals surface area contributed by atoms with E-state index in [1.807, 2.05) is 99.9 Å². The summed E-state index contributed by atoms with van der Waals surface area (Å²) in [6.45, 7) is 5.32. The molecule has 3 amide bonds. The second-order valence-corrected chi connectivity index (χ2v) is 11.9. The molecule has 0 spiro atoms. The monoisotopic (exact) mass is 633 g/mol. The summed E-state index contributed by atoms with van der Waals surface area (Å²) in [7, 11) is 3.98. The van der Waals surface area contributed by atoms with Gasteiger partial charge in [-0.05, 0) is 88.8 Å². The van der Waals surface area contributed by atoms with Gasteiger partial charge in [0.1, 0.15) is 24.0 Å². The quantitative estimate of drug-likeness (QED) is 0.116. The molecule has 0 atom stereocenters. The predicted octanol–water partition coefficient (Wildman–Crippen LogP) is 7.57. The molecule has 0 radical (unpaired) electrons. The number of nitrogens with zero attached hydrogens (tertiary/aromatic N) is 4. The molecule has 3 N–H and O–H groups in total. The molecule has 2 aromatic heterocycles. The van der Waals surface area contributed by atoms with Gasteiger partial charge in [-0.2, -0.15) is 5.10 Å². The summed E-state index contributed by atoms with van der Waals surface area (Å²) in [5, 5.41) is 15.4. The molecule has 5 aromatic rings. The van der Waals surface area contributed by atoms with Gasteiger partial charge in [0.25, 0.3) is 0 Å². The van der Waals surface area contributed by atoms with E-state index in [0.29, 0.717) is 29.5 Å². The second-order valence-electron chi connectivity index (χ2n) is 11.9. The van der Waals surface area contributed by atoms with Crippen LogP contribution in [-0.4, -0.2) is 52.2 Å². The maximum absolute atomic E-state index is 13.3. The highest BCUT2D eigenvalue weighted by atomic mass is 16.5. The summed E-state index contributed by atoms with van der Waals surface area (Å²) in [5.41, 5.74) is 4.49. The van der Waals surface area contributed by atoms with Crippen molar-refractivity contribution in [1.82, 2.24) is 19.7 Å². The number of urea groups is 1. The lowest BCUT2D eigenvalue weighted by Crippen LogP contribution is -2.21. The molecule has 0 fully saturated rings. The highest BCUT2D eigenvalue weighted by Gasteiger charge is 2.15. The summed E-state index contributed by atoms with van der Waals surface area (Å²) >= 11 is 0. The lowest BCUT2D eigenvalue weighted by atomic mass is 10.1. The number of ether oxygens (including phenoxy) is 1. The molecule has 0 bridgehead atoms. The molecule has 10 heteroatoms. The van der Waals surface area contributed by atoms with Gasteiger partial charge in [0.15, 0.2) is 0 Å². The fourth-order valence-corrected chi connectivity index (χ4v) is 5.21. The fraction of sp³-hybridized carbons (Fsp3) is 0.297. The number of benzene rings is 3. The highest BCUT2D eigenvalue weighted by molar-refractivity contribution is 6.07. The fourth-order valence-electron chi connectivity index (χ4n) is 5.21. The Labute approximate surface area is 276 Å². The summed E-state index contributed by atoms with van der Waals surface area (Å²) < 4.78 is 8.01. The number of aryl methyl sites for hydroxylation is 2. The van der Waals surface area contributed by atoms with Crippen LogP contribution in [0.2, 0.25) is 0 Å². The molecular weight excluding hydrogens is 590 g/mol. The number of carbonyl (C=O) groups excluding carboxylic acids is 2. The van der Waals surface area contributed by atoms with Crippen molar-refractivity contribution in [3.8, 4) is 11.4 Å². The van der Waals surface area contributed by atoms with Crippen molar-refractivity contribution in [1.29, 1.82) is 0 Å². The van der Waals surface area contributed by atoms with Crippen molar-refractivity contribution >= 4 is 40.0 Å². The number of rotatable bonds is 14. The topological polar surface area (TPSA) is 113 Å². The maximum atomic E-state index is 13.3. The number of hydrogen-bond donors (Lipinski definition) is 3. The van der Waals surface area contributed by atoms with Crippen molar-refractivity contribution in [2.45, 2.75) is 52.6 Å². The van der Waals surface area contributed by atoms with Gasteiger partial charge < -0.3 is 20.3 Å². The number of anilines is 3. The van der Waals surface area contributed by atoms with Crippen molar-refractivity contribution < 1.29 is 14.3 Å². The van der Waals surface area contributed by atoms with Gasteiger partial charge in [-0.15, -0.1) is 0 Å². The minimum Gasteiger partial charge on any atom is -0.488 e. The molecule has 47 heavy (non-hydrogen) atoms. The van der Waals surface area contributed by atoms with Crippen molar-refractivity contribution in [2.75, 3.05) is 36.6 Å². The third kappa shape index (κ3) is 9.17. The number of pyridine rings is 1. The van der Waals surface area contributed by atoms with Crippen LogP contribution < -0.4 is 20.7 Å². The van der Waals surface area contributed by atoms with Crippen molar-refractivity contribution in [3.63, 3.8) is 0 Å². The highest BCUT2D eigenvalue weighted by Crippen LogP contribution is 2.32. The third-order valence-electron chi connectivity index (χ3n) is 7.69. The van der Waals surface area contributed by atoms with Gasteiger partial charge >= 0.3 is 6.03 Å². The number of nitrogens with one attached hydrogen (secondary N) is 3. The molecule has 244 valence electrons. The molecular formula is C37H43N7O3. The van der Waals surface area contributed by atoms with Crippen LogP contribution in [0.25, 0.3) is 16.5 Å². The second kappa shape index (κ2) is 15.9. The molecule has 0 aliphatic carbocycles. The van der Waals surface area contributed by atoms with Crippen LogP contribution in [-0.2, 0) is 17.8 Å². The first-order chi connectivity index (χ1) is 22.8. The van der Waals surface area contributed by atoms with E-state index in [0.717, 1.165) is 65.5 Å². The minimum atomic E-state index is -0.368. The first-order valence-corrected chi connectivity index (χ1v) is 16.1. The molecule has 2 heterocycles. The third-order valence-corrected chi connectivity index (χ3v) is 7.69. The zero-order chi connectivity index (χ0) is 33.2. The minimum absolute atomic E-state index is 0.0629. The van der Waals surface area contributed by atoms with Gasteiger partial charge in [-0.25, -0.2) is 14.5 Å². The van der Waals surface area contributed by atoms with Crippen LogP contribution in [0.4, 0.5) is 22.1 Å². The van der Waals surface area contributed by atoms with E-state index in [-0.39, 0.29) is 18.5 Å². The molecule has 0 aliphatic rings. The molecule has 5 rings (SSSR count). The Morgan fingerprint density at radius 2 is 1.68 bits per heavy atom.